The van der Waals surface area contributed by atoms with Gasteiger partial charge in [-0.1, -0.05) is 6.92 Å². The van der Waals surface area contributed by atoms with Crippen molar-refractivity contribution in [3.05, 3.63) is 0 Å². The van der Waals surface area contributed by atoms with Crippen LogP contribution in [0.5, 0.6) is 0 Å². The molecular weight excluding hydrogens is 192 g/mol. The van der Waals surface area contributed by atoms with E-state index in [9.17, 15) is 4.79 Å². The average Bonchev–Trinajstić information content (AvgIpc) is 2.29. The fourth-order valence-electron chi connectivity index (χ4n) is 2.03. The van der Waals surface area contributed by atoms with E-state index < -0.39 is 0 Å². The normalized spacial score (nSPS) is 17.5. The van der Waals surface area contributed by atoms with Gasteiger partial charge >= 0.3 is 6.09 Å². The highest BCUT2D eigenvalue weighted by atomic mass is 16.5. The van der Waals surface area contributed by atoms with Gasteiger partial charge in [-0.05, 0) is 38.3 Å². The predicted octanol–water partition coefficient (Wildman–Crippen LogP) is 1.46. The number of rotatable bonds is 4. The summed E-state index contributed by atoms with van der Waals surface area (Å²) in [5.74, 6) is 0.636. The highest BCUT2D eigenvalue weighted by Crippen LogP contribution is 2.14. The Morgan fingerprint density at radius 2 is 2.13 bits per heavy atom. The third-order valence-electron chi connectivity index (χ3n) is 2.86. The van der Waals surface area contributed by atoms with Crippen LogP contribution in [0.2, 0.25) is 0 Å². The number of nitrogens with zero attached hydrogens (tertiary/aromatic N) is 1. The van der Waals surface area contributed by atoms with Gasteiger partial charge in [0.1, 0.15) is 0 Å². The summed E-state index contributed by atoms with van der Waals surface area (Å²) in [4.78, 5) is 13.3. The van der Waals surface area contributed by atoms with Crippen LogP contribution in [0, 0.1) is 5.92 Å². The summed E-state index contributed by atoms with van der Waals surface area (Å²) in [5.41, 5.74) is 0. The van der Waals surface area contributed by atoms with Crippen LogP contribution in [0.25, 0.3) is 0 Å². The number of hydrogen-bond acceptors (Lipinski definition) is 3. The number of methoxy groups -OCH3 is 1. The summed E-state index contributed by atoms with van der Waals surface area (Å²) >= 11 is 0. The summed E-state index contributed by atoms with van der Waals surface area (Å²) in [6, 6.07) is 0. The van der Waals surface area contributed by atoms with E-state index in [-0.39, 0.29) is 6.09 Å². The first kappa shape index (κ1) is 12.3. The minimum absolute atomic E-state index is 0.185. The molecule has 0 radical (unpaired) electrons. The Balaban J connectivity index is 2.38. The molecule has 1 aliphatic heterocycles. The Labute approximate surface area is 92.0 Å². The monoisotopic (exact) mass is 214 g/mol. The van der Waals surface area contributed by atoms with Crippen molar-refractivity contribution in [2.75, 3.05) is 33.3 Å². The molecule has 15 heavy (non-hydrogen) atoms. The van der Waals surface area contributed by atoms with Crippen LogP contribution in [-0.4, -0.2) is 44.3 Å². The molecule has 4 nitrogen and oxygen atoms in total. The van der Waals surface area contributed by atoms with Gasteiger partial charge in [0.15, 0.2) is 0 Å². The summed E-state index contributed by atoms with van der Waals surface area (Å²) < 4.78 is 4.78. The number of nitrogens with one attached hydrogen (secondary N) is 1. The van der Waals surface area contributed by atoms with Crippen molar-refractivity contribution in [2.24, 2.45) is 5.92 Å². The lowest BCUT2D eigenvalue weighted by Gasteiger charge is -2.29. The molecule has 1 amide bonds. The SMILES string of the molecule is CCCN(CC1CCNCC1)C(=O)OC. The Morgan fingerprint density at radius 3 is 2.67 bits per heavy atom. The topological polar surface area (TPSA) is 41.6 Å². The fourth-order valence-corrected chi connectivity index (χ4v) is 2.03. The highest BCUT2D eigenvalue weighted by Gasteiger charge is 2.20. The molecule has 0 bridgehead atoms. The first-order chi connectivity index (χ1) is 7.27. The van der Waals surface area contributed by atoms with E-state index >= 15 is 0 Å². The molecule has 0 saturated carbocycles. The smallest absolute Gasteiger partial charge is 0.409 e. The minimum Gasteiger partial charge on any atom is -0.453 e. The largest absolute Gasteiger partial charge is 0.453 e. The van der Waals surface area contributed by atoms with Gasteiger partial charge in [0, 0.05) is 13.1 Å². The van der Waals surface area contributed by atoms with Crippen LogP contribution in [0.4, 0.5) is 4.79 Å². The number of ether oxygens (including phenoxy) is 1. The Hall–Kier alpha value is -0.770. The third-order valence-corrected chi connectivity index (χ3v) is 2.86. The quantitative estimate of drug-likeness (QED) is 0.770. The highest BCUT2D eigenvalue weighted by molar-refractivity contribution is 5.67. The van der Waals surface area contributed by atoms with Gasteiger partial charge in [0.25, 0.3) is 0 Å². The average molecular weight is 214 g/mol. The molecule has 0 atom stereocenters. The molecule has 0 aromatic rings. The van der Waals surface area contributed by atoms with Gasteiger partial charge in [-0.2, -0.15) is 0 Å². The number of carbonyl (C=O) groups is 1. The molecule has 88 valence electrons. The van der Waals surface area contributed by atoms with Crippen molar-refractivity contribution in [3.8, 4) is 0 Å². The molecule has 1 rings (SSSR count). The van der Waals surface area contributed by atoms with Gasteiger partial charge in [0.05, 0.1) is 7.11 Å². The lowest BCUT2D eigenvalue weighted by atomic mass is 9.97. The standard InChI is InChI=1S/C11H22N2O2/c1-3-8-13(11(14)15-2)9-10-4-6-12-7-5-10/h10,12H,3-9H2,1-2H3. The van der Waals surface area contributed by atoms with Gasteiger partial charge in [-0.25, -0.2) is 4.79 Å². The predicted molar refractivity (Wildman–Crippen MR) is 59.9 cm³/mol. The number of carbonyl (C=O) groups excluding carboxylic acids is 1. The molecule has 4 heteroatoms. The zero-order chi connectivity index (χ0) is 11.1. The zero-order valence-corrected chi connectivity index (χ0v) is 9.79. The molecule has 0 aromatic carbocycles. The Bertz CT molecular complexity index is 191. The second kappa shape index (κ2) is 6.67. The van der Waals surface area contributed by atoms with Gasteiger partial charge in [0.2, 0.25) is 0 Å². The van der Waals surface area contributed by atoms with Crippen molar-refractivity contribution in [1.82, 2.24) is 10.2 Å². The van der Waals surface area contributed by atoms with Crippen molar-refractivity contribution >= 4 is 6.09 Å². The van der Waals surface area contributed by atoms with Crippen LogP contribution in [-0.2, 0) is 4.74 Å². The van der Waals surface area contributed by atoms with Crippen LogP contribution in [0.3, 0.4) is 0 Å². The first-order valence-electron chi connectivity index (χ1n) is 5.81. The zero-order valence-electron chi connectivity index (χ0n) is 9.79. The lowest BCUT2D eigenvalue weighted by Crippen LogP contribution is -2.39. The Kier molecular flexibility index (Phi) is 5.47. The van der Waals surface area contributed by atoms with Crippen molar-refractivity contribution in [3.63, 3.8) is 0 Å². The molecule has 1 heterocycles. The molecular formula is C11H22N2O2. The molecule has 0 spiro atoms. The second-order valence-electron chi connectivity index (χ2n) is 4.11. The van der Waals surface area contributed by atoms with Gasteiger partial charge in [-0.3, -0.25) is 0 Å². The minimum atomic E-state index is -0.185. The summed E-state index contributed by atoms with van der Waals surface area (Å²) in [6.07, 6.45) is 3.13. The summed E-state index contributed by atoms with van der Waals surface area (Å²) in [6.45, 7) is 5.88. The second-order valence-corrected chi connectivity index (χ2v) is 4.11. The lowest BCUT2D eigenvalue weighted by molar-refractivity contribution is 0.112. The van der Waals surface area contributed by atoms with Crippen LogP contribution >= 0.6 is 0 Å². The van der Waals surface area contributed by atoms with E-state index in [1.54, 1.807) is 0 Å². The maximum atomic E-state index is 11.5. The summed E-state index contributed by atoms with van der Waals surface area (Å²) in [5, 5.41) is 3.33. The van der Waals surface area contributed by atoms with Crippen LogP contribution < -0.4 is 5.32 Å². The number of amides is 1. The van der Waals surface area contributed by atoms with Gasteiger partial charge in [-0.15, -0.1) is 0 Å². The molecule has 1 fully saturated rings. The maximum absolute atomic E-state index is 11.5. The van der Waals surface area contributed by atoms with E-state index in [1.807, 2.05) is 4.90 Å². The number of piperidine rings is 1. The van der Waals surface area contributed by atoms with E-state index in [2.05, 4.69) is 12.2 Å². The molecule has 0 aromatic heterocycles. The van der Waals surface area contributed by atoms with E-state index in [0.717, 1.165) is 45.4 Å². The molecule has 0 unspecified atom stereocenters. The molecule has 1 aliphatic rings. The molecule has 1 N–H and O–H groups in total. The van der Waals surface area contributed by atoms with E-state index in [4.69, 9.17) is 4.74 Å². The summed E-state index contributed by atoms with van der Waals surface area (Å²) in [7, 11) is 1.45. The van der Waals surface area contributed by atoms with Crippen molar-refractivity contribution in [1.29, 1.82) is 0 Å². The van der Waals surface area contributed by atoms with Crippen molar-refractivity contribution in [2.45, 2.75) is 26.2 Å². The maximum Gasteiger partial charge on any atom is 0.409 e. The van der Waals surface area contributed by atoms with Gasteiger partial charge < -0.3 is 15.0 Å². The van der Waals surface area contributed by atoms with E-state index in [1.165, 1.54) is 7.11 Å². The number of hydrogen-bond donors (Lipinski definition) is 1. The third kappa shape index (κ3) is 4.08. The van der Waals surface area contributed by atoms with Crippen LogP contribution in [0.1, 0.15) is 26.2 Å². The fraction of sp³-hybridized carbons (Fsp3) is 0.909. The molecule has 1 saturated heterocycles. The van der Waals surface area contributed by atoms with Crippen LogP contribution in [0.15, 0.2) is 0 Å². The molecule has 0 aliphatic carbocycles. The van der Waals surface area contributed by atoms with E-state index in [0.29, 0.717) is 5.92 Å². The van der Waals surface area contributed by atoms with Crippen molar-refractivity contribution < 1.29 is 9.53 Å². The first-order valence-corrected chi connectivity index (χ1v) is 5.81. The Morgan fingerprint density at radius 1 is 1.47 bits per heavy atom.